The van der Waals surface area contributed by atoms with E-state index in [4.69, 9.17) is 0 Å². The van der Waals surface area contributed by atoms with Crippen LogP contribution in [0.3, 0.4) is 0 Å². The lowest BCUT2D eigenvalue weighted by atomic mass is 10.2. The minimum Gasteiger partial charge on any atom is -0.0775 e. The monoisotopic (exact) mass is 188 g/mol. The van der Waals surface area contributed by atoms with Gasteiger partial charge in [0.25, 0.3) is 0 Å². The van der Waals surface area contributed by atoms with Gasteiger partial charge in [0.2, 0.25) is 0 Å². The zero-order valence-electron chi connectivity index (χ0n) is 9.72. The SMILES string of the molecule is CC1=CC=C(C)C1.CC1=CCC=C1C. The van der Waals surface area contributed by atoms with E-state index >= 15 is 0 Å². The van der Waals surface area contributed by atoms with Gasteiger partial charge in [0.1, 0.15) is 0 Å². The van der Waals surface area contributed by atoms with E-state index in [9.17, 15) is 0 Å². The first-order valence-electron chi connectivity index (χ1n) is 5.26. The van der Waals surface area contributed by atoms with Crippen LogP contribution in [0.1, 0.15) is 40.5 Å². The smallest absolute Gasteiger partial charge is 0.0108 e. The minimum absolute atomic E-state index is 1.15. The van der Waals surface area contributed by atoms with Crippen molar-refractivity contribution in [2.75, 3.05) is 0 Å². The molecule has 0 fully saturated rings. The molecule has 0 N–H and O–H groups in total. The lowest BCUT2D eigenvalue weighted by molar-refractivity contribution is 1.15. The van der Waals surface area contributed by atoms with Crippen LogP contribution in [0.4, 0.5) is 0 Å². The van der Waals surface area contributed by atoms with Gasteiger partial charge in [-0.1, -0.05) is 46.6 Å². The predicted octanol–water partition coefficient (Wildman–Crippen LogP) is 4.57. The Labute approximate surface area is 87.7 Å². The van der Waals surface area contributed by atoms with Gasteiger partial charge in [-0.15, -0.1) is 0 Å². The minimum atomic E-state index is 1.15. The van der Waals surface area contributed by atoms with Crippen LogP contribution in [-0.2, 0) is 0 Å². The molecule has 0 heteroatoms. The Morgan fingerprint density at radius 1 is 0.786 bits per heavy atom. The summed E-state index contributed by atoms with van der Waals surface area (Å²) in [6.45, 7) is 8.62. The van der Waals surface area contributed by atoms with Gasteiger partial charge in [0, 0.05) is 0 Å². The van der Waals surface area contributed by atoms with Crippen LogP contribution < -0.4 is 0 Å². The average molecular weight is 188 g/mol. The van der Waals surface area contributed by atoms with Crippen molar-refractivity contribution < 1.29 is 0 Å². The quantitative estimate of drug-likeness (QED) is 0.522. The van der Waals surface area contributed by atoms with Crippen LogP contribution in [0.15, 0.2) is 46.6 Å². The van der Waals surface area contributed by atoms with Crippen molar-refractivity contribution in [1.29, 1.82) is 0 Å². The van der Waals surface area contributed by atoms with E-state index in [1.807, 2.05) is 0 Å². The van der Waals surface area contributed by atoms with Crippen LogP contribution in [0.5, 0.6) is 0 Å². The molecule has 0 saturated heterocycles. The zero-order chi connectivity index (χ0) is 10.6. The summed E-state index contributed by atoms with van der Waals surface area (Å²) < 4.78 is 0. The molecular formula is C14H20. The molecule has 2 aliphatic rings. The van der Waals surface area contributed by atoms with Crippen molar-refractivity contribution >= 4 is 0 Å². The highest BCUT2D eigenvalue weighted by Gasteiger charge is 1.96. The van der Waals surface area contributed by atoms with Crippen LogP contribution in [0.2, 0.25) is 0 Å². The largest absolute Gasteiger partial charge is 0.0775 e. The van der Waals surface area contributed by atoms with Gasteiger partial charge >= 0.3 is 0 Å². The molecule has 0 saturated carbocycles. The third kappa shape index (κ3) is 3.37. The number of hydrogen-bond donors (Lipinski definition) is 0. The molecule has 14 heavy (non-hydrogen) atoms. The van der Waals surface area contributed by atoms with Crippen LogP contribution in [0.25, 0.3) is 0 Å². The van der Waals surface area contributed by atoms with Crippen molar-refractivity contribution in [2.45, 2.75) is 40.5 Å². The van der Waals surface area contributed by atoms with E-state index in [1.54, 1.807) is 0 Å². The molecule has 0 unspecified atom stereocenters. The third-order valence-electron chi connectivity index (χ3n) is 2.68. The Morgan fingerprint density at radius 2 is 1.21 bits per heavy atom. The molecule has 0 atom stereocenters. The van der Waals surface area contributed by atoms with E-state index in [0.29, 0.717) is 0 Å². The van der Waals surface area contributed by atoms with E-state index < -0.39 is 0 Å². The molecule has 0 amide bonds. The van der Waals surface area contributed by atoms with Gasteiger partial charge < -0.3 is 0 Å². The van der Waals surface area contributed by atoms with E-state index in [0.717, 1.165) is 6.42 Å². The van der Waals surface area contributed by atoms with Crippen LogP contribution >= 0.6 is 0 Å². The Kier molecular flexibility index (Phi) is 3.94. The second-order valence-electron chi connectivity index (χ2n) is 4.21. The molecule has 0 aliphatic heterocycles. The molecule has 76 valence electrons. The van der Waals surface area contributed by atoms with Gasteiger partial charge in [0.15, 0.2) is 0 Å². The normalized spacial score (nSPS) is 19.1. The predicted molar refractivity (Wildman–Crippen MR) is 64.3 cm³/mol. The highest BCUT2D eigenvalue weighted by atomic mass is 14.0. The summed E-state index contributed by atoms with van der Waals surface area (Å²) in [5.74, 6) is 0. The summed E-state index contributed by atoms with van der Waals surface area (Å²) in [5.41, 5.74) is 5.86. The highest BCUT2D eigenvalue weighted by Crippen LogP contribution is 2.16. The van der Waals surface area contributed by atoms with E-state index in [-0.39, 0.29) is 0 Å². The van der Waals surface area contributed by atoms with Crippen molar-refractivity contribution in [3.63, 3.8) is 0 Å². The summed E-state index contributed by atoms with van der Waals surface area (Å²) in [4.78, 5) is 0. The van der Waals surface area contributed by atoms with Gasteiger partial charge in [0.05, 0.1) is 0 Å². The summed E-state index contributed by atoms with van der Waals surface area (Å²) in [7, 11) is 0. The second-order valence-corrected chi connectivity index (χ2v) is 4.21. The first-order chi connectivity index (χ1) is 6.59. The second kappa shape index (κ2) is 4.99. The van der Waals surface area contributed by atoms with Gasteiger partial charge in [-0.25, -0.2) is 0 Å². The fraction of sp³-hybridized carbons (Fsp3) is 0.429. The van der Waals surface area contributed by atoms with Crippen LogP contribution in [0, 0.1) is 0 Å². The Hall–Kier alpha value is -1.04. The molecule has 0 heterocycles. The molecule has 0 aromatic rings. The first kappa shape index (κ1) is 11.0. The lowest BCUT2D eigenvalue weighted by Crippen LogP contribution is -1.67. The Bertz CT molecular complexity index is 290. The standard InChI is InChI=1S/2C7H10/c1-6-3-4-7(2)5-6;1-6-4-3-5-7(6)2/h3-4H,5H2,1-2H3;4-5H,3H2,1-2H3. The van der Waals surface area contributed by atoms with Crippen molar-refractivity contribution in [1.82, 2.24) is 0 Å². The number of hydrogen-bond acceptors (Lipinski definition) is 0. The Morgan fingerprint density at radius 3 is 1.36 bits per heavy atom. The topological polar surface area (TPSA) is 0 Å². The average Bonchev–Trinajstić information content (AvgIpc) is 2.65. The molecular weight excluding hydrogens is 168 g/mol. The molecule has 0 radical (unpaired) electrons. The molecule has 2 rings (SSSR count). The summed E-state index contributed by atoms with van der Waals surface area (Å²) in [6.07, 6.45) is 11.2. The molecule has 0 bridgehead atoms. The highest BCUT2D eigenvalue weighted by molar-refractivity contribution is 5.33. The number of rotatable bonds is 0. The summed E-state index contributed by atoms with van der Waals surface area (Å²) in [5, 5.41) is 0. The van der Waals surface area contributed by atoms with Crippen molar-refractivity contribution in [3.8, 4) is 0 Å². The van der Waals surface area contributed by atoms with E-state index in [2.05, 4.69) is 52.0 Å². The maximum atomic E-state index is 2.25. The molecule has 0 aromatic carbocycles. The fourth-order valence-corrected chi connectivity index (χ4v) is 1.58. The maximum absolute atomic E-state index is 2.25. The summed E-state index contributed by atoms with van der Waals surface area (Å²) >= 11 is 0. The van der Waals surface area contributed by atoms with Crippen LogP contribution in [-0.4, -0.2) is 0 Å². The van der Waals surface area contributed by atoms with Gasteiger partial charge in [-0.3, -0.25) is 0 Å². The van der Waals surface area contributed by atoms with Gasteiger partial charge in [-0.2, -0.15) is 0 Å². The summed E-state index contributed by atoms with van der Waals surface area (Å²) in [6, 6.07) is 0. The molecule has 2 aliphatic carbocycles. The van der Waals surface area contributed by atoms with Gasteiger partial charge in [-0.05, 0) is 40.5 Å². The molecule has 0 nitrogen and oxygen atoms in total. The van der Waals surface area contributed by atoms with Crippen molar-refractivity contribution in [3.05, 3.63) is 46.6 Å². The fourth-order valence-electron chi connectivity index (χ4n) is 1.58. The number of allylic oxidation sites excluding steroid dienone is 8. The molecule has 0 aromatic heterocycles. The third-order valence-corrected chi connectivity index (χ3v) is 2.68. The Balaban J connectivity index is 0.000000140. The first-order valence-corrected chi connectivity index (χ1v) is 5.26. The molecule has 0 spiro atoms. The zero-order valence-corrected chi connectivity index (χ0v) is 9.72. The maximum Gasteiger partial charge on any atom is -0.0108 e. The lowest BCUT2D eigenvalue weighted by Gasteiger charge is -1.87. The van der Waals surface area contributed by atoms with Crippen molar-refractivity contribution in [2.24, 2.45) is 0 Å². The van der Waals surface area contributed by atoms with E-state index in [1.165, 1.54) is 28.7 Å².